The molecular formula is C16H13F2N3OS2. The number of allylic oxidation sites excluding steroid dienone is 4. The van der Waals surface area contributed by atoms with Crippen molar-refractivity contribution in [2.24, 2.45) is 0 Å². The van der Waals surface area contributed by atoms with Gasteiger partial charge in [-0.1, -0.05) is 23.9 Å². The van der Waals surface area contributed by atoms with Gasteiger partial charge in [0.15, 0.2) is 5.13 Å². The van der Waals surface area contributed by atoms with Crippen LogP contribution >= 0.6 is 23.1 Å². The number of hydrogen-bond donors (Lipinski definition) is 2. The van der Waals surface area contributed by atoms with Gasteiger partial charge in [0.1, 0.15) is 12.0 Å². The van der Waals surface area contributed by atoms with Gasteiger partial charge in [0.05, 0.1) is 5.69 Å². The number of thiazole rings is 1. The van der Waals surface area contributed by atoms with Gasteiger partial charge in [-0.15, -0.1) is 11.3 Å². The predicted molar refractivity (Wildman–Crippen MR) is 93.8 cm³/mol. The maximum absolute atomic E-state index is 14.0. The first-order valence-corrected chi connectivity index (χ1v) is 8.76. The van der Waals surface area contributed by atoms with Crippen molar-refractivity contribution in [1.29, 1.82) is 0 Å². The molecule has 0 saturated heterocycles. The van der Waals surface area contributed by atoms with E-state index in [9.17, 15) is 13.6 Å². The van der Waals surface area contributed by atoms with Crippen LogP contribution in [0.15, 0.2) is 63.6 Å². The standard InChI is InChI=1S/C16H13F2N3OS2/c17-10-5-6-13(11(18)9-10)24-14-4-2-1-3-12(14)20-15(22)21-16-19-7-8-23-16/h1-8,11H,9H2,(H2,19,20,21,22). The molecule has 1 unspecified atom stereocenters. The van der Waals surface area contributed by atoms with Crippen LogP contribution in [0.5, 0.6) is 0 Å². The summed E-state index contributed by atoms with van der Waals surface area (Å²) in [5, 5.41) is 7.57. The van der Waals surface area contributed by atoms with Crippen LogP contribution in [0.25, 0.3) is 0 Å². The number of nitrogens with one attached hydrogen (secondary N) is 2. The van der Waals surface area contributed by atoms with Crippen LogP contribution in [0.4, 0.5) is 24.4 Å². The summed E-state index contributed by atoms with van der Waals surface area (Å²) >= 11 is 2.48. The van der Waals surface area contributed by atoms with E-state index in [1.807, 2.05) is 0 Å². The highest BCUT2D eigenvalue weighted by Gasteiger charge is 2.21. The average molecular weight is 365 g/mol. The van der Waals surface area contributed by atoms with Gasteiger partial charge in [-0.25, -0.2) is 18.6 Å². The first-order valence-electron chi connectivity index (χ1n) is 7.06. The van der Waals surface area contributed by atoms with Crippen molar-refractivity contribution in [2.75, 3.05) is 10.6 Å². The molecule has 2 N–H and O–H groups in total. The third-order valence-electron chi connectivity index (χ3n) is 3.13. The molecule has 2 amide bonds. The number of nitrogens with zero attached hydrogens (tertiary/aromatic N) is 1. The van der Waals surface area contributed by atoms with E-state index in [4.69, 9.17) is 0 Å². The number of urea groups is 1. The van der Waals surface area contributed by atoms with Crippen molar-refractivity contribution < 1.29 is 13.6 Å². The van der Waals surface area contributed by atoms with E-state index in [0.29, 0.717) is 20.6 Å². The number of para-hydroxylation sites is 1. The minimum Gasteiger partial charge on any atom is -0.307 e. The Kier molecular flexibility index (Phi) is 5.27. The van der Waals surface area contributed by atoms with Crippen molar-refractivity contribution in [3.63, 3.8) is 0 Å². The Bertz CT molecular complexity index is 790. The van der Waals surface area contributed by atoms with Crippen molar-refractivity contribution in [3.8, 4) is 0 Å². The van der Waals surface area contributed by atoms with Gasteiger partial charge < -0.3 is 5.32 Å². The molecular weight excluding hydrogens is 352 g/mol. The second-order valence-electron chi connectivity index (χ2n) is 4.87. The summed E-state index contributed by atoms with van der Waals surface area (Å²) in [4.78, 5) is 17.1. The molecule has 0 fully saturated rings. The van der Waals surface area contributed by atoms with Crippen molar-refractivity contribution in [3.05, 3.63) is 58.7 Å². The van der Waals surface area contributed by atoms with Gasteiger partial charge >= 0.3 is 6.03 Å². The molecule has 24 heavy (non-hydrogen) atoms. The van der Waals surface area contributed by atoms with Crippen molar-refractivity contribution in [2.45, 2.75) is 17.5 Å². The highest BCUT2D eigenvalue weighted by molar-refractivity contribution is 8.03. The monoisotopic (exact) mass is 365 g/mol. The number of hydrogen-bond acceptors (Lipinski definition) is 4. The van der Waals surface area contributed by atoms with Crippen LogP contribution in [0.3, 0.4) is 0 Å². The predicted octanol–water partition coefficient (Wildman–Crippen LogP) is 5.36. The molecule has 1 aromatic heterocycles. The van der Waals surface area contributed by atoms with Gasteiger partial charge in [0, 0.05) is 27.8 Å². The molecule has 0 saturated carbocycles. The van der Waals surface area contributed by atoms with Crippen molar-refractivity contribution in [1.82, 2.24) is 4.98 Å². The van der Waals surface area contributed by atoms with E-state index in [2.05, 4.69) is 15.6 Å². The lowest BCUT2D eigenvalue weighted by molar-refractivity contribution is 0.262. The molecule has 2 aromatic rings. The van der Waals surface area contributed by atoms with E-state index in [1.54, 1.807) is 35.8 Å². The van der Waals surface area contributed by atoms with E-state index in [1.165, 1.54) is 35.3 Å². The number of thioether (sulfide) groups is 1. The number of carbonyl (C=O) groups excluding carboxylic acids is 1. The molecule has 4 nitrogen and oxygen atoms in total. The third kappa shape index (κ3) is 4.21. The Morgan fingerprint density at radius 1 is 1.29 bits per heavy atom. The molecule has 0 radical (unpaired) electrons. The van der Waals surface area contributed by atoms with E-state index >= 15 is 0 Å². The van der Waals surface area contributed by atoms with Crippen LogP contribution in [0.1, 0.15) is 6.42 Å². The van der Waals surface area contributed by atoms with Gasteiger partial charge in [0.25, 0.3) is 0 Å². The molecule has 1 aliphatic rings. The fourth-order valence-electron chi connectivity index (χ4n) is 2.04. The Morgan fingerprint density at radius 3 is 2.88 bits per heavy atom. The summed E-state index contributed by atoms with van der Waals surface area (Å²) in [6.07, 6.45) is 2.66. The lowest BCUT2D eigenvalue weighted by Gasteiger charge is -2.17. The number of rotatable bonds is 4. The van der Waals surface area contributed by atoms with E-state index in [0.717, 1.165) is 0 Å². The third-order valence-corrected chi connectivity index (χ3v) is 5.02. The maximum Gasteiger partial charge on any atom is 0.325 e. The number of aromatic nitrogens is 1. The summed E-state index contributed by atoms with van der Waals surface area (Å²) in [5.74, 6) is -0.471. The second-order valence-corrected chi connectivity index (χ2v) is 6.88. The largest absolute Gasteiger partial charge is 0.325 e. The maximum atomic E-state index is 14.0. The Labute approximate surface area is 145 Å². The van der Waals surface area contributed by atoms with Gasteiger partial charge in [-0.3, -0.25) is 5.32 Å². The van der Waals surface area contributed by atoms with Crippen LogP contribution < -0.4 is 10.6 Å². The topological polar surface area (TPSA) is 54.0 Å². The molecule has 0 aliphatic heterocycles. The molecule has 0 spiro atoms. The molecule has 1 atom stereocenters. The van der Waals surface area contributed by atoms with Gasteiger partial charge in [0.2, 0.25) is 0 Å². The fraction of sp³-hybridized carbons (Fsp3) is 0.125. The van der Waals surface area contributed by atoms with Crippen LogP contribution in [-0.2, 0) is 0 Å². The van der Waals surface area contributed by atoms with Crippen LogP contribution in [0.2, 0.25) is 0 Å². The molecule has 1 aliphatic carbocycles. The SMILES string of the molecule is O=C(Nc1nccs1)Nc1ccccc1SC1=CC=C(F)CC1F. The van der Waals surface area contributed by atoms with E-state index in [-0.39, 0.29) is 6.42 Å². The average Bonchev–Trinajstić information content (AvgIpc) is 3.04. The lowest BCUT2D eigenvalue weighted by Crippen LogP contribution is -2.19. The number of halogens is 2. The quantitative estimate of drug-likeness (QED) is 0.767. The van der Waals surface area contributed by atoms with Crippen molar-refractivity contribution >= 4 is 39.9 Å². The Hall–Kier alpha value is -2.19. The molecule has 8 heteroatoms. The highest BCUT2D eigenvalue weighted by atomic mass is 32.2. The fourth-order valence-corrected chi connectivity index (χ4v) is 3.54. The summed E-state index contributed by atoms with van der Waals surface area (Å²) < 4.78 is 27.0. The normalized spacial score (nSPS) is 17.0. The molecule has 3 rings (SSSR count). The number of benzene rings is 1. The van der Waals surface area contributed by atoms with Crippen LogP contribution in [-0.4, -0.2) is 17.2 Å². The van der Waals surface area contributed by atoms with Gasteiger partial charge in [-0.2, -0.15) is 0 Å². The zero-order valence-electron chi connectivity index (χ0n) is 12.3. The molecule has 1 heterocycles. The zero-order chi connectivity index (χ0) is 16.9. The second kappa shape index (κ2) is 7.59. The number of alkyl halides is 1. The lowest BCUT2D eigenvalue weighted by atomic mass is 10.1. The summed E-state index contributed by atoms with van der Waals surface area (Å²) in [6.45, 7) is 0. The minimum atomic E-state index is -1.38. The summed E-state index contributed by atoms with van der Waals surface area (Å²) in [7, 11) is 0. The van der Waals surface area contributed by atoms with Gasteiger partial charge in [-0.05, 0) is 24.3 Å². The summed E-state index contributed by atoms with van der Waals surface area (Å²) in [6, 6.07) is 6.62. The van der Waals surface area contributed by atoms with E-state index < -0.39 is 18.0 Å². The molecule has 0 bridgehead atoms. The smallest absolute Gasteiger partial charge is 0.307 e. The number of carbonyl (C=O) groups is 1. The first kappa shape index (κ1) is 16.7. The molecule has 1 aromatic carbocycles. The molecule has 124 valence electrons. The minimum absolute atomic E-state index is 0.251. The zero-order valence-corrected chi connectivity index (χ0v) is 14.0. The Morgan fingerprint density at radius 2 is 2.12 bits per heavy atom. The Balaban J connectivity index is 1.72. The highest BCUT2D eigenvalue weighted by Crippen LogP contribution is 2.38. The first-order chi connectivity index (χ1) is 11.6. The number of amides is 2. The van der Waals surface area contributed by atoms with Crippen LogP contribution in [0, 0.1) is 0 Å². The number of anilines is 2. The summed E-state index contributed by atoms with van der Waals surface area (Å²) in [5.41, 5.74) is 0.541.